The molecule has 0 spiro atoms. The van der Waals surface area contributed by atoms with Crippen LogP contribution in [0.15, 0.2) is 29.2 Å². The lowest BCUT2D eigenvalue weighted by Crippen LogP contribution is -2.33. The second-order valence-corrected chi connectivity index (χ2v) is 6.78. The molecule has 1 rings (SSSR count). The zero-order valence-electron chi connectivity index (χ0n) is 10.4. The summed E-state index contributed by atoms with van der Waals surface area (Å²) in [6, 6.07) is 6.86. The van der Waals surface area contributed by atoms with E-state index in [4.69, 9.17) is 5.11 Å². The predicted octanol–water partition coefficient (Wildman–Crippen LogP) is 0.907. The van der Waals surface area contributed by atoms with Crippen LogP contribution < -0.4 is 5.32 Å². The van der Waals surface area contributed by atoms with Gasteiger partial charge >= 0.3 is 0 Å². The summed E-state index contributed by atoms with van der Waals surface area (Å²) < 4.78 is 22.6. The standard InChI is InChI=1S/C12H19NO3S/c1-12(2,8-13-9-14)10-4-6-11(7-5-10)17(3,15)16/h4-7,13-14H,8-9H2,1-3H3. The SMILES string of the molecule is CC(C)(CNCO)c1ccc(S(C)(=O)=O)cc1. The van der Waals surface area contributed by atoms with Gasteiger partial charge in [-0.3, -0.25) is 5.32 Å². The van der Waals surface area contributed by atoms with Crippen molar-refractivity contribution in [2.45, 2.75) is 24.2 Å². The maximum absolute atomic E-state index is 11.3. The highest BCUT2D eigenvalue weighted by Gasteiger charge is 2.20. The van der Waals surface area contributed by atoms with Crippen LogP contribution in [0.3, 0.4) is 0 Å². The molecule has 17 heavy (non-hydrogen) atoms. The Kier molecular flexibility index (Phi) is 4.30. The number of aliphatic hydroxyl groups excluding tert-OH is 1. The molecule has 0 radical (unpaired) electrons. The van der Waals surface area contributed by atoms with Crippen molar-refractivity contribution in [3.05, 3.63) is 29.8 Å². The second-order valence-electron chi connectivity index (χ2n) is 4.77. The lowest BCUT2D eigenvalue weighted by atomic mass is 9.85. The number of nitrogens with one attached hydrogen (secondary N) is 1. The molecule has 0 amide bonds. The molecule has 0 aliphatic rings. The summed E-state index contributed by atoms with van der Waals surface area (Å²) in [6.45, 7) is 4.63. The number of hydrogen-bond acceptors (Lipinski definition) is 4. The van der Waals surface area contributed by atoms with E-state index in [1.54, 1.807) is 12.1 Å². The predicted molar refractivity (Wildman–Crippen MR) is 67.7 cm³/mol. The molecule has 5 heteroatoms. The molecule has 0 saturated heterocycles. The first-order valence-corrected chi connectivity index (χ1v) is 7.29. The molecule has 1 aromatic rings. The minimum atomic E-state index is -3.14. The van der Waals surface area contributed by atoms with E-state index in [0.717, 1.165) is 5.56 Å². The van der Waals surface area contributed by atoms with E-state index < -0.39 is 9.84 Å². The van der Waals surface area contributed by atoms with Crippen molar-refractivity contribution < 1.29 is 13.5 Å². The highest BCUT2D eigenvalue weighted by atomic mass is 32.2. The van der Waals surface area contributed by atoms with Gasteiger partial charge in [0.15, 0.2) is 9.84 Å². The van der Waals surface area contributed by atoms with Crippen LogP contribution in [-0.4, -0.2) is 33.1 Å². The Morgan fingerprint density at radius 1 is 1.24 bits per heavy atom. The molecule has 0 aromatic heterocycles. The van der Waals surface area contributed by atoms with E-state index in [2.05, 4.69) is 5.32 Å². The van der Waals surface area contributed by atoms with Crippen molar-refractivity contribution in [3.8, 4) is 0 Å². The molecular formula is C12H19NO3S. The van der Waals surface area contributed by atoms with E-state index in [-0.39, 0.29) is 12.1 Å². The molecule has 0 bridgehead atoms. The van der Waals surface area contributed by atoms with Gasteiger partial charge in [0, 0.05) is 18.2 Å². The largest absolute Gasteiger partial charge is 0.381 e. The second kappa shape index (κ2) is 5.16. The maximum Gasteiger partial charge on any atom is 0.175 e. The fraction of sp³-hybridized carbons (Fsp3) is 0.500. The lowest BCUT2D eigenvalue weighted by molar-refractivity contribution is 0.247. The van der Waals surface area contributed by atoms with Crippen LogP contribution in [0.5, 0.6) is 0 Å². The summed E-state index contributed by atoms with van der Waals surface area (Å²) in [7, 11) is -3.14. The van der Waals surface area contributed by atoms with Crippen LogP contribution >= 0.6 is 0 Å². The highest BCUT2D eigenvalue weighted by molar-refractivity contribution is 7.90. The Morgan fingerprint density at radius 2 is 1.76 bits per heavy atom. The van der Waals surface area contributed by atoms with Gasteiger partial charge in [-0.05, 0) is 17.7 Å². The highest BCUT2D eigenvalue weighted by Crippen LogP contribution is 2.23. The van der Waals surface area contributed by atoms with E-state index in [1.807, 2.05) is 26.0 Å². The Morgan fingerprint density at radius 3 is 2.18 bits per heavy atom. The molecule has 0 heterocycles. The summed E-state index contributed by atoms with van der Waals surface area (Å²) in [4.78, 5) is 0.326. The first-order valence-electron chi connectivity index (χ1n) is 5.39. The molecule has 2 N–H and O–H groups in total. The van der Waals surface area contributed by atoms with Crippen LogP contribution in [-0.2, 0) is 15.3 Å². The van der Waals surface area contributed by atoms with Gasteiger partial charge in [-0.15, -0.1) is 0 Å². The molecule has 0 saturated carbocycles. The quantitative estimate of drug-likeness (QED) is 0.769. The molecule has 0 aliphatic carbocycles. The van der Waals surface area contributed by atoms with Gasteiger partial charge in [-0.2, -0.15) is 0 Å². The minimum Gasteiger partial charge on any atom is -0.381 e. The monoisotopic (exact) mass is 257 g/mol. The Bertz CT molecular complexity index is 463. The van der Waals surface area contributed by atoms with Crippen molar-refractivity contribution in [1.82, 2.24) is 5.32 Å². The topological polar surface area (TPSA) is 66.4 Å². The zero-order chi connectivity index (χ0) is 13.1. The Labute approximate surface area is 103 Å². The number of aliphatic hydroxyl groups is 1. The van der Waals surface area contributed by atoms with Crippen molar-refractivity contribution in [3.63, 3.8) is 0 Å². The van der Waals surface area contributed by atoms with Crippen LogP contribution in [0.4, 0.5) is 0 Å². The average Bonchev–Trinajstić information content (AvgIpc) is 2.25. The molecule has 0 atom stereocenters. The zero-order valence-corrected chi connectivity index (χ0v) is 11.2. The first-order chi connectivity index (χ1) is 7.77. The average molecular weight is 257 g/mol. The summed E-state index contributed by atoms with van der Waals surface area (Å²) >= 11 is 0. The third-order valence-electron chi connectivity index (χ3n) is 2.74. The Hall–Kier alpha value is -0.910. The van der Waals surface area contributed by atoms with Gasteiger partial charge < -0.3 is 5.11 Å². The summed E-state index contributed by atoms with van der Waals surface area (Å²) in [5.74, 6) is 0. The van der Waals surface area contributed by atoms with Crippen LogP contribution in [0.2, 0.25) is 0 Å². The summed E-state index contributed by atoms with van der Waals surface area (Å²) in [5, 5.41) is 11.6. The third-order valence-corrected chi connectivity index (χ3v) is 3.87. The Balaban J connectivity index is 2.94. The maximum atomic E-state index is 11.3. The number of hydrogen-bond donors (Lipinski definition) is 2. The summed E-state index contributed by atoms with van der Waals surface area (Å²) in [6.07, 6.45) is 1.19. The van der Waals surface area contributed by atoms with E-state index >= 15 is 0 Å². The molecule has 0 aliphatic heterocycles. The van der Waals surface area contributed by atoms with E-state index in [9.17, 15) is 8.42 Å². The van der Waals surface area contributed by atoms with Gasteiger partial charge in [0.05, 0.1) is 11.6 Å². The lowest BCUT2D eigenvalue weighted by Gasteiger charge is -2.25. The number of benzene rings is 1. The number of sulfone groups is 1. The van der Waals surface area contributed by atoms with Gasteiger partial charge in [0.25, 0.3) is 0 Å². The third kappa shape index (κ3) is 3.80. The van der Waals surface area contributed by atoms with Crippen LogP contribution in [0.25, 0.3) is 0 Å². The fourth-order valence-electron chi connectivity index (χ4n) is 1.62. The van der Waals surface area contributed by atoms with Crippen molar-refractivity contribution in [2.24, 2.45) is 0 Å². The smallest absolute Gasteiger partial charge is 0.175 e. The first kappa shape index (κ1) is 14.2. The van der Waals surface area contributed by atoms with Gasteiger partial charge in [-0.1, -0.05) is 26.0 Å². The molecule has 96 valence electrons. The van der Waals surface area contributed by atoms with Gasteiger partial charge in [0.1, 0.15) is 0 Å². The fourth-order valence-corrected chi connectivity index (χ4v) is 2.25. The molecular weight excluding hydrogens is 238 g/mol. The molecule has 4 nitrogen and oxygen atoms in total. The van der Waals surface area contributed by atoms with E-state index in [0.29, 0.717) is 11.4 Å². The van der Waals surface area contributed by atoms with Gasteiger partial charge in [-0.25, -0.2) is 8.42 Å². The molecule has 1 aromatic carbocycles. The van der Waals surface area contributed by atoms with Crippen molar-refractivity contribution >= 4 is 9.84 Å². The normalized spacial score (nSPS) is 12.7. The van der Waals surface area contributed by atoms with Gasteiger partial charge in [0.2, 0.25) is 0 Å². The summed E-state index contributed by atoms with van der Waals surface area (Å²) in [5.41, 5.74) is 0.879. The molecule has 0 unspecified atom stereocenters. The van der Waals surface area contributed by atoms with E-state index in [1.165, 1.54) is 6.26 Å². The van der Waals surface area contributed by atoms with Crippen molar-refractivity contribution in [2.75, 3.05) is 19.5 Å². The van der Waals surface area contributed by atoms with Crippen molar-refractivity contribution in [1.29, 1.82) is 0 Å². The van der Waals surface area contributed by atoms with Crippen LogP contribution in [0.1, 0.15) is 19.4 Å². The minimum absolute atomic E-state index is 0.0646. The molecule has 0 fully saturated rings. The van der Waals surface area contributed by atoms with Crippen LogP contribution in [0, 0.1) is 0 Å². The number of rotatable bonds is 5.